The third-order valence-corrected chi connectivity index (χ3v) is 3.45. The smallest absolute Gasteiger partial charge is 0.343 e. The zero-order chi connectivity index (χ0) is 11.2. The number of rotatable bonds is 1. The zero-order valence-corrected chi connectivity index (χ0v) is 9.08. The molecule has 5 heteroatoms. The second-order valence-corrected chi connectivity index (χ2v) is 4.33. The molecule has 1 saturated carbocycles. The van der Waals surface area contributed by atoms with Crippen LogP contribution in [0.4, 0.5) is 4.79 Å². The van der Waals surface area contributed by atoms with Crippen molar-refractivity contribution in [1.82, 2.24) is 16.0 Å². The van der Waals surface area contributed by atoms with Crippen molar-refractivity contribution < 1.29 is 4.79 Å². The highest BCUT2D eigenvalue weighted by Gasteiger charge is 2.49. The van der Waals surface area contributed by atoms with Gasteiger partial charge in [0, 0.05) is 12.5 Å². The molecule has 16 heavy (non-hydrogen) atoms. The summed E-state index contributed by atoms with van der Waals surface area (Å²) in [4.78, 5) is 15.5. The van der Waals surface area contributed by atoms with Crippen molar-refractivity contribution in [2.24, 2.45) is 4.99 Å². The topological polar surface area (TPSA) is 65.5 Å². The summed E-state index contributed by atoms with van der Waals surface area (Å²) >= 11 is 0. The SMILES string of the molecule is CNC1CC2=CC=CN[C@@]23NC(=O)N=C3C1. The van der Waals surface area contributed by atoms with Crippen LogP contribution in [-0.2, 0) is 0 Å². The first-order valence-corrected chi connectivity index (χ1v) is 5.46. The van der Waals surface area contributed by atoms with Gasteiger partial charge < -0.3 is 16.0 Å². The molecule has 0 aromatic rings. The molecule has 0 bridgehead atoms. The van der Waals surface area contributed by atoms with Gasteiger partial charge >= 0.3 is 6.03 Å². The molecular weight excluding hydrogens is 204 g/mol. The standard InChI is InChI=1S/C11H14N4O/c1-12-8-5-7-3-2-4-13-11(7)9(6-8)14-10(16)15-11/h2-4,8,12-13H,5-6H2,1H3,(H,15,16)/t8?,11-/m1/s1. The lowest BCUT2D eigenvalue weighted by Gasteiger charge is -2.41. The number of allylic oxidation sites excluding steroid dienone is 2. The van der Waals surface area contributed by atoms with Gasteiger partial charge in [0.05, 0.1) is 5.71 Å². The molecule has 2 aliphatic heterocycles. The predicted octanol–water partition coefficient (Wildman–Crippen LogP) is 0.272. The van der Waals surface area contributed by atoms with Gasteiger partial charge in [-0.3, -0.25) is 0 Å². The Bertz CT molecular complexity index is 427. The molecule has 1 aliphatic carbocycles. The number of nitrogens with zero attached hydrogens (tertiary/aromatic N) is 1. The number of amides is 2. The molecule has 84 valence electrons. The van der Waals surface area contributed by atoms with E-state index in [2.05, 4.69) is 27.0 Å². The Hall–Kier alpha value is -1.62. The van der Waals surface area contributed by atoms with Gasteiger partial charge in [0.2, 0.25) is 0 Å². The Kier molecular flexibility index (Phi) is 1.91. The molecule has 2 heterocycles. The lowest BCUT2D eigenvalue weighted by molar-refractivity contribution is 0.245. The fourth-order valence-electron chi connectivity index (χ4n) is 2.60. The molecular formula is C11H14N4O. The van der Waals surface area contributed by atoms with Crippen molar-refractivity contribution in [3.63, 3.8) is 0 Å². The number of hydrogen-bond acceptors (Lipinski definition) is 3. The number of carbonyl (C=O) groups is 1. The van der Waals surface area contributed by atoms with Gasteiger partial charge in [-0.25, -0.2) is 4.79 Å². The molecule has 3 aliphatic rings. The summed E-state index contributed by atoms with van der Waals surface area (Å²) in [5.74, 6) is 0. The van der Waals surface area contributed by atoms with Crippen molar-refractivity contribution >= 4 is 11.7 Å². The van der Waals surface area contributed by atoms with Crippen LogP contribution in [0.25, 0.3) is 0 Å². The third kappa shape index (κ3) is 1.15. The van der Waals surface area contributed by atoms with E-state index in [1.54, 1.807) is 0 Å². The highest BCUT2D eigenvalue weighted by atomic mass is 16.2. The number of dihydropyridines is 1. The van der Waals surface area contributed by atoms with E-state index in [9.17, 15) is 4.79 Å². The average molecular weight is 218 g/mol. The highest BCUT2D eigenvalue weighted by Crippen LogP contribution is 2.34. The summed E-state index contributed by atoms with van der Waals surface area (Å²) in [6.07, 6.45) is 7.59. The normalized spacial score (nSPS) is 35.6. The second-order valence-electron chi connectivity index (χ2n) is 4.33. The number of nitrogens with one attached hydrogen (secondary N) is 3. The van der Waals surface area contributed by atoms with Gasteiger partial charge in [0.15, 0.2) is 5.66 Å². The van der Waals surface area contributed by atoms with Crippen LogP contribution in [0.3, 0.4) is 0 Å². The number of hydrogen-bond donors (Lipinski definition) is 3. The fraction of sp³-hybridized carbons (Fsp3) is 0.455. The molecule has 2 amide bonds. The minimum absolute atomic E-state index is 0.250. The maximum absolute atomic E-state index is 11.4. The van der Waals surface area contributed by atoms with Crippen LogP contribution >= 0.6 is 0 Å². The van der Waals surface area contributed by atoms with E-state index in [0.717, 1.165) is 18.6 Å². The summed E-state index contributed by atoms with van der Waals surface area (Å²) in [6, 6.07) is 0.111. The van der Waals surface area contributed by atoms with Crippen LogP contribution in [0.2, 0.25) is 0 Å². The van der Waals surface area contributed by atoms with Crippen LogP contribution in [0.15, 0.2) is 28.9 Å². The van der Waals surface area contributed by atoms with Gasteiger partial charge in [0.25, 0.3) is 0 Å². The lowest BCUT2D eigenvalue weighted by atomic mass is 9.79. The van der Waals surface area contributed by atoms with Gasteiger partial charge in [-0.2, -0.15) is 4.99 Å². The van der Waals surface area contributed by atoms with Crippen LogP contribution in [0.1, 0.15) is 12.8 Å². The van der Waals surface area contributed by atoms with Crippen molar-refractivity contribution in [2.45, 2.75) is 24.5 Å². The van der Waals surface area contributed by atoms with Gasteiger partial charge in [-0.05, 0) is 31.3 Å². The first-order valence-electron chi connectivity index (χ1n) is 5.46. The Morgan fingerprint density at radius 1 is 1.56 bits per heavy atom. The van der Waals surface area contributed by atoms with Crippen LogP contribution in [-0.4, -0.2) is 30.5 Å². The second kappa shape index (κ2) is 3.18. The van der Waals surface area contributed by atoms with E-state index in [-0.39, 0.29) is 6.03 Å². The molecule has 2 atom stereocenters. The maximum atomic E-state index is 11.4. The van der Waals surface area contributed by atoms with Crippen LogP contribution < -0.4 is 16.0 Å². The maximum Gasteiger partial charge on any atom is 0.343 e. The van der Waals surface area contributed by atoms with Crippen molar-refractivity contribution in [3.05, 3.63) is 23.9 Å². The van der Waals surface area contributed by atoms with Gasteiger partial charge in [0.1, 0.15) is 0 Å². The first kappa shape index (κ1) is 9.59. The quantitative estimate of drug-likeness (QED) is 0.592. The minimum atomic E-state index is -0.529. The average Bonchev–Trinajstić information content (AvgIpc) is 2.61. The largest absolute Gasteiger partial charge is 0.361 e. The van der Waals surface area contributed by atoms with Crippen LogP contribution in [0, 0.1) is 0 Å². The Balaban J connectivity index is 2.04. The molecule has 1 fully saturated rings. The molecule has 0 saturated heterocycles. The number of aliphatic imine (C=N–C) groups is 1. The van der Waals surface area contributed by atoms with Crippen molar-refractivity contribution in [1.29, 1.82) is 0 Å². The van der Waals surface area contributed by atoms with Gasteiger partial charge in [-0.1, -0.05) is 6.08 Å². The molecule has 1 spiro atoms. The Morgan fingerprint density at radius 3 is 3.25 bits per heavy atom. The fourth-order valence-corrected chi connectivity index (χ4v) is 2.60. The van der Waals surface area contributed by atoms with Crippen molar-refractivity contribution in [2.75, 3.05) is 7.05 Å². The van der Waals surface area contributed by atoms with E-state index < -0.39 is 5.66 Å². The molecule has 1 unspecified atom stereocenters. The molecule has 5 nitrogen and oxygen atoms in total. The van der Waals surface area contributed by atoms with E-state index in [4.69, 9.17) is 0 Å². The monoisotopic (exact) mass is 218 g/mol. The molecule has 3 N–H and O–H groups in total. The number of urea groups is 1. The first-order chi connectivity index (χ1) is 7.74. The predicted molar refractivity (Wildman–Crippen MR) is 61.1 cm³/mol. The minimum Gasteiger partial charge on any atom is -0.361 e. The zero-order valence-electron chi connectivity index (χ0n) is 9.08. The summed E-state index contributed by atoms with van der Waals surface area (Å²) in [5.41, 5.74) is 1.53. The van der Waals surface area contributed by atoms with E-state index in [1.807, 2.05) is 19.3 Å². The Labute approximate surface area is 93.7 Å². The van der Waals surface area contributed by atoms with E-state index in [0.29, 0.717) is 6.04 Å². The van der Waals surface area contributed by atoms with Crippen LogP contribution in [0.5, 0.6) is 0 Å². The lowest BCUT2D eigenvalue weighted by Crippen LogP contribution is -2.63. The summed E-state index contributed by atoms with van der Waals surface area (Å²) in [5, 5.41) is 9.40. The number of carbonyl (C=O) groups excluding carboxylic acids is 1. The van der Waals surface area contributed by atoms with Gasteiger partial charge in [-0.15, -0.1) is 0 Å². The van der Waals surface area contributed by atoms with Crippen molar-refractivity contribution in [3.8, 4) is 0 Å². The summed E-state index contributed by atoms with van der Waals surface area (Å²) in [7, 11) is 1.94. The van der Waals surface area contributed by atoms with E-state index >= 15 is 0 Å². The summed E-state index contributed by atoms with van der Waals surface area (Å²) in [6.45, 7) is 0. The molecule has 0 aromatic carbocycles. The summed E-state index contributed by atoms with van der Waals surface area (Å²) < 4.78 is 0. The van der Waals surface area contributed by atoms with E-state index in [1.165, 1.54) is 5.57 Å². The third-order valence-electron chi connectivity index (χ3n) is 3.45. The molecule has 3 rings (SSSR count). The highest BCUT2D eigenvalue weighted by molar-refractivity contribution is 6.10. The molecule has 0 radical (unpaired) electrons. The Morgan fingerprint density at radius 2 is 2.44 bits per heavy atom. The molecule has 0 aromatic heterocycles.